The largest absolute Gasteiger partial charge is 0.213 e. The number of para-hydroxylation sites is 2. The van der Waals surface area contributed by atoms with E-state index < -0.39 is 0 Å². The van der Waals surface area contributed by atoms with E-state index in [9.17, 15) is 0 Å². The van der Waals surface area contributed by atoms with E-state index in [1.807, 2.05) is 0 Å². The molecule has 1 nitrogen and oxygen atoms in total. The van der Waals surface area contributed by atoms with Gasteiger partial charge in [0.25, 0.3) is 0 Å². The number of halogens is 1. The van der Waals surface area contributed by atoms with Gasteiger partial charge in [0.05, 0.1) is 10.8 Å². The smallest absolute Gasteiger partial charge is 0.194 e. The Hall–Kier alpha value is -2.19. The molecule has 0 unspecified atom stereocenters. The number of benzene rings is 3. The molecule has 0 atom stereocenters. The molecule has 0 radical (unpaired) electrons. The van der Waals surface area contributed by atoms with Crippen molar-refractivity contribution in [2.24, 2.45) is 7.05 Å². The molecule has 0 fully saturated rings. The molecule has 0 saturated heterocycles. The van der Waals surface area contributed by atoms with E-state index in [-0.39, 0.29) is 0 Å². The SMILES string of the molecule is C[n+]1c2ccccc2c(-c2cccc(Br)c2)c2ccccc21. The summed E-state index contributed by atoms with van der Waals surface area (Å²) in [7, 11) is 2.13. The zero-order valence-electron chi connectivity index (χ0n) is 12.3. The minimum Gasteiger partial charge on any atom is -0.194 e. The molecule has 4 aromatic rings. The van der Waals surface area contributed by atoms with E-state index in [0.29, 0.717) is 0 Å². The zero-order chi connectivity index (χ0) is 15.1. The number of aromatic nitrogens is 1. The molecule has 0 aliphatic carbocycles. The quantitative estimate of drug-likeness (QED) is 0.327. The van der Waals surface area contributed by atoms with Gasteiger partial charge in [-0.05, 0) is 29.8 Å². The van der Waals surface area contributed by atoms with E-state index in [4.69, 9.17) is 0 Å². The van der Waals surface area contributed by atoms with Crippen LogP contribution in [0.5, 0.6) is 0 Å². The number of fused-ring (bicyclic) bond motifs is 2. The van der Waals surface area contributed by atoms with Crippen LogP contribution in [-0.4, -0.2) is 0 Å². The second-order valence-electron chi connectivity index (χ2n) is 5.48. The van der Waals surface area contributed by atoms with Crippen LogP contribution in [0.1, 0.15) is 0 Å². The van der Waals surface area contributed by atoms with Gasteiger partial charge in [-0.15, -0.1) is 0 Å². The highest BCUT2D eigenvalue weighted by Crippen LogP contribution is 2.34. The molecule has 1 aromatic heterocycles. The maximum absolute atomic E-state index is 3.60. The lowest BCUT2D eigenvalue weighted by atomic mass is 9.96. The van der Waals surface area contributed by atoms with Crippen LogP contribution in [-0.2, 0) is 7.05 Å². The van der Waals surface area contributed by atoms with Crippen molar-refractivity contribution in [2.45, 2.75) is 0 Å². The second kappa shape index (κ2) is 5.22. The van der Waals surface area contributed by atoms with Crippen molar-refractivity contribution in [2.75, 3.05) is 0 Å². The van der Waals surface area contributed by atoms with Crippen LogP contribution in [0.4, 0.5) is 0 Å². The second-order valence-corrected chi connectivity index (χ2v) is 6.39. The van der Waals surface area contributed by atoms with Crippen LogP contribution in [0, 0.1) is 0 Å². The molecular weight excluding hydrogens is 334 g/mol. The Morgan fingerprint density at radius 2 is 1.32 bits per heavy atom. The van der Waals surface area contributed by atoms with Gasteiger partial charge < -0.3 is 0 Å². The summed E-state index contributed by atoms with van der Waals surface area (Å²) >= 11 is 3.60. The van der Waals surface area contributed by atoms with Crippen LogP contribution in [0.3, 0.4) is 0 Å². The summed E-state index contributed by atoms with van der Waals surface area (Å²) in [6.45, 7) is 0. The van der Waals surface area contributed by atoms with Gasteiger partial charge in [-0.25, -0.2) is 0 Å². The molecule has 2 heteroatoms. The van der Waals surface area contributed by atoms with Crippen molar-refractivity contribution in [3.05, 3.63) is 77.3 Å². The molecule has 106 valence electrons. The summed E-state index contributed by atoms with van der Waals surface area (Å²) in [5.41, 5.74) is 5.03. The predicted octanol–water partition coefficient (Wildman–Crippen LogP) is 5.25. The summed E-state index contributed by atoms with van der Waals surface area (Å²) < 4.78 is 3.37. The molecule has 22 heavy (non-hydrogen) atoms. The topological polar surface area (TPSA) is 3.88 Å². The number of rotatable bonds is 1. The molecule has 4 rings (SSSR count). The number of hydrogen-bond acceptors (Lipinski definition) is 0. The maximum atomic E-state index is 3.60. The van der Waals surface area contributed by atoms with E-state index in [0.717, 1.165) is 4.47 Å². The first-order valence-electron chi connectivity index (χ1n) is 7.31. The average Bonchev–Trinajstić information content (AvgIpc) is 2.55. The van der Waals surface area contributed by atoms with Crippen LogP contribution in [0.2, 0.25) is 0 Å². The Balaban J connectivity index is 2.26. The van der Waals surface area contributed by atoms with E-state index in [1.165, 1.54) is 32.9 Å². The van der Waals surface area contributed by atoms with Gasteiger partial charge in [-0.3, -0.25) is 0 Å². The minimum atomic E-state index is 1.10. The normalized spacial score (nSPS) is 11.2. The lowest BCUT2D eigenvalue weighted by Crippen LogP contribution is -2.30. The Kier molecular flexibility index (Phi) is 3.20. The molecule has 0 amide bonds. The van der Waals surface area contributed by atoms with Gasteiger partial charge in [-0.2, -0.15) is 4.57 Å². The zero-order valence-corrected chi connectivity index (χ0v) is 13.8. The summed E-state index contributed by atoms with van der Waals surface area (Å²) in [5.74, 6) is 0. The van der Waals surface area contributed by atoms with Crippen LogP contribution >= 0.6 is 15.9 Å². The number of pyridine rings is 1. The predicted molar refractivity (Wildman–Crippen MR) is 95.8 cm³/mol. The van der Waals surface area contributed by atoms with E-state index in [1.54, 1.807) is 0 Å². The van der Waals surface area contributed by atoms with E-state index >= 15 is 0 Å². The van der Waals surface area contributed by atoms with Gasteiger partial charge in [0, 0.05) is 22.2 Å². The molecular formula is C20H15BrN+. The Labute approximate surface area is 138 Å². The average molecular weight is 349 g/mol. The first-order chi connectivity index (χ1) is 10.8. The maximum Gasteiger partial charge on any atom is 0.213 e. The van der Waals surface area contributed by atoms with Crippen LogP contribution < -0.4 is 4.57 Å². The van der Waals surface area contributed by atoms with Crippen molar-refractivity contribution in [3.8, 4) is 11.1 Å². The highest BCUT2D eigenvalue weighted by atomic mass is 79.9. The third kappa shape index (κ3) is 2.03. The molecule has 0 aliphatic heterocycles. The van der Waals surface area contributed by atoms with Gasteiger partial charge in [-0.1, -0.05) is 52.3 Å². The molecule has 0 saturated carbocycles. The first-order valence-corrected chi connectivity index (χ1v) is 8.10. The van der Waals surface area contributed by atoms with Gasteiger partial charge in [0.15, 0.2) is 0 Å². The molecule has 0 spiro atoms. The standard InChI is InChI=1S/C20H15BrN/c1-22-18-11-4-2-9-16(18)20(14-7-6-8-15(21)13-14)17-10-3-5-12-19(17)22/h2-13H,1H3/q+1. The Bertz CT molecular complexity index is 948. The monoisotopic (exact) mass is 348 g/mol. The van der Waals surface area contributed by atoms with Crippen molar-refractivity contribution >= 4 is 37.7 Å². The van der Waals surface area contributed by atoms with Gasteiger partial charge >= 0.3 is 0 Å². The molecule has 3 aromatic carbocycles. The first kappa shape index (κ1) is 13.5. The fourth-order valence-electron chi connectivity index (χ4n) is 3.18. The number of hydrogen-bond donors (Lipinski definition) is 0. The lowest BCUT2D eigenvalue weighted by Gasteiger charge is -2.10. The summed E-state index contributed by atoms with van der Waals surface area (Å²) in [6, 6.07) is 25.7. The molecule has 1 heterocycles. The Morgan fingerprint density at radius 3 is 1.91 bits per heavy atom. The number of aryl methyl sites for hydroxylation is 1. The fraction of sp³-hybridized carbons (Fsp3) is 0.0500. The fourth-order valence-corrected chi connectivity index (χ4v) is 3.58. The minimum absolute atomic E-state index is 1.10. The highest BCUT2D eigenvalue weighted by Gasteiger charge is 2.18. The highest BCUT2D eigenvalue weighted by molar-refractivity contribution is 9.10. The molecule has 0 N–H and O–H groups in total. The van der Waals surface area contributed by atoms with Crippen molar-refractivity contribution < 1.29 is 4.57 Å². The molecule has 0 bridgehead atoms. The van der Waals surface area contributed by atoms with Gasteiger partial charge in [0.2, 0.25) is 11.0 Å². The van der Waals surface area contributed by atoms with Crippen molar-refractivity contribution in [1.82, 2.24) is 0 Å². The Morgan fingerprint density at radius 1 is 0.727 bits per heavy atom. The third-order valence-electron chi connectivity index (χ3n) is 4.18. The van der Waals surface area contributed by atoms with Crippen molar-refractivity contribution in [1.29, 1.82) is 0 Å². The van der Waals surface area contributed by atoms with Crippen molar-refractivity contribution in [3.63, 3.8) is 0 Å². The van der Waals surface area contributed by atoms with Crippen LogP contribution in [0.25, 0.3) is 32.9 Å². The summed E-state index contributed by atoms with van der Waals surface area (Å²) in [6.07, 6.45) is 0. The molecule has 0 aliphatic rings. The van der Waals surface area contributed by atoms with E-state index in [2.05, 4.69) is 100 Å². The number of nitrogens with zero attached hydrogens (tertiary/aromatic N) is 1. The summed E-state index contributed by atoms with van der Waals surface area (Å²) in [4.78, 5) is 0. The summed E-state index contributed by atoms with van der Waals surface area (Å²) in [5, 5.41) is 2.56. The van der Waals surface area contributed by atoms with Crippen LogP contribution in [0.15, 0.2) is 77.3 Å². The lowest BCUT2D eigenvalue weighted by molar-refractivity contribution is -0.617. The third-order valence-corrected chi connectivity index (χ3v) is 4.68. The van der Waals surface area contributed by atoms with Gasteiger partial charge in [0.1, 0.15) is 7.05 Å².